The summed E-state index contributed by atoms with van der Waals surface area (Å²) in [6.45, 7) is 4.54. The van der Waals surface area contributed by atoms with Crippen molar-refractivity contribution in [3.05, 3.63) is 23.8 Å². The number of aryl methyl sites for hydroxylation is 1. The fraction of sp³-hybridized carbons (Fsp3) is 0.364. The van der Waals surface area contributed by atoms with Crippen LogP contribution in [0, 0.1) is 6.92 Å². The highest BCUT2D eigenvalue weighted by Crippen LogP contribution is 2.40. The van der Waals surface area contributed by atoms with E-state index in [1.165, 1.54) is 13.8 Å². The lowest BCUT2D eigenvalue weighted by molar-refractivity contribution is -0.120. The minimum Gasteiger partial charge on any atom is -0.399 e. The highest BCUT2D eigenvalue weighted by atomic mass is 32.2. The van der Waals surface area contributed by atoms with Crippen molar-refractivity contribution in [2.45, 2.75) is 25.5 Å². The number of rotatable bonds is 1. The molecule has 1 fully saturated rings. The van der Waals surface area contributed by atoms with Crippen molar-refractivity contribution in [3.8, 4) is 0 Å². The second-order valence-corrected chi connectivity index (χ2v) is 6.97. The minimum absolute atomic E-state index is 0.378. The summed E-state index contributed by atoms with van der Waals surface area (Å²) < 4.78 is 23.5. The second-order valence-electron chi connectivity index (χ2n) is 4.63. The van der Waals surface area contributed by atoms with Gasteiger partial charge in [0, 0.05) is 5.69 Å². The maximum atomic E-state index is 12.0. The Morgan fingerprint density at radius 3 is 2.35 bits per heavy atom. The zero-order chi connectivity index (χ0) is 13.0. The summed E-state index contributed by atoms with van der Waals surface area (Å²) in [5.41, 5.74) is 7.17. The standard InChI is InChI=1S/C11H14N2O3S/c1-7-6-8(12)4-5-9(7)13-10(14)11(2,3)17(13,15)16/h4-6H,12H2,1-3H3. The van der Waals surface area contributed by atoms with Gasteiger partial charge in [-0.05, 0) is 44.5 Å². The molecule has 0 aromatic heterocycles. The number of anilines is 2. The van der Waals surface area contributed by atoms with Crippen LogP contribution in [-0.2, 0) is 14.8 Å². The highest BCUT2D eigenvalue weighted by Gasteiger charge is 2.61. The van der Waals surface area contributed by atoms with Gasteiger partial charge in [0.25, 0.3) is 15.9 Å². The van der Waals surface area contributed by atoms with Crippen molar-refractivity contribution in [2.75, 3.05) is 10.0 Å². The molecular weight excluding hydrogens is 240 g/mol. The Kier molecular flexibility index (Phi) is 2.26. The van der Waals surface area contributed by atoms with E-state index in [2.05, 4.69) is 0 Å². The van der Waals surface area contributed by atoms with Gasteiger partial charge in [0.05, 0.1) is 5.69 Å². The average molecular weight is 254 g/mol. The van der Waals surface area contributed by atoms with Gasteiger partial charge in [-0.25, -0.2) is 12.7 Å². The van der Waals surface area contributed by atoms with E-state index in [1.807, 2.05) is 0 Å². The molecule has 6 heteroatoms. The fourth-order valence-corrected chi connectivity index (χ4v) is 3.35. The number of hydrogen-bond acceptors (Lipinski definition) is 4. The predicted octanol–water partition coefficient (Wildman–Crippen LogP) is 1.03. The highest BCUT2D eigenvalue weighted by molar-refractivity contribution is 7.98. The number of hydrogen-bond donors (Lipinski definition) is 1. The van der Waals surface area contributed by atoms with Crippen LogP contribution in [0.15, 0.2) is 18.2 Å². The van der Waals surface area contributed by atoms with Gasteiger partial charge in [-0.15, -0.1) is 0 Å². The van der Waals surface area contributed by atoms with Crippen LogP contribution in [0.3, 0.4) is 0 Å². The van der Waals surface area contributed by atoms with Crippen LogP contribution in [0.5, 0.6) is 0 Å². The van der Waals surface area contributed by atoms with Crippen LogP contribution in [0.25, 0.3) is 0 Å². The van der Waals surface area contributed by atoms with Gasteiger partial charge < -0.3 is 5.73 Å². The van der Waals surface area contributed by atoms with Crippen LogP contribution < -0.4 is 10.0 Å². The zero-order valence-corrected chi connectivity index (χ0v) is 10.7. The molecule has 0 spiro atoms. The van der Waals surface area contributed by atoms with E-state index < -0.39 is 20.7 Å². The van der Waals surface area contributed by atoms with Gasteiger partial charge in [-0.3, -0.25) is 4.79 Å². The smallest absolute Gasteiger partial charge is 0.263 e. The number of sulfonamides is 1. The van der Waals surface area contributed by atoms with Crippen LogP contribution in [0.1, 0.15) is 19.4 Å². The van der Waals surface area contributed by atoms with E-state index >= 15 is 0 Å². The first kappa shape index (κ1) is 11.9. The van der Waals surface area contributed by atoms with Gasteiger partial charge in [0.1, 0.15) is 0 Å². The SMILES string of the molecule is Cc1cc(N)ccc1N1C(=O)C(C)(C)S1(=O)=O. The maximum absolute atomic E-state index is 12.0. The van der Waals surface area contributed by atoms with E-state index in [9.17, 15) is 13.2 Å². The molecule has 0 saturated carbocycles. The number of nitrogens with two attached hydrogens (primary N) is 1. The first-order valence-electron chi connectivity index (χ1n) is 5.15. The number of benzene rings is 1. The number of nitrogen functional groups attached to an aromatic ring is 1. The Bertz CT molecular complexity index is 605. The van der Waals surface area contributed by atoms with Gasteiger partial charge in [-0.1, -0.05) is 0 Å². The molecule has 1 aliphatic rings. The monoisotopic (exact) mass is 254 g/mol. The van der Waals surface area contributed by atoms with Crippen LogP contribution in [-0.4, -0.2) is 19.1 Å². The minimum atomic E-state index is -3.60. The first-order valence-corrected chi connectivity index (χ1v) is 6.59. The van der Waals surface area contributed by atoms with E-state index in [0.717, 1.165) is 4.31 Å². The van der Waals surface area contributed by atoms with Crippen molar-refractivity contribution in [3.63, 3.8) is 0 Å². The lowest BCUT2D eigenvalue weighted by Gasteiger charge is -2.43. The molecule has 17 heavy (non-hydrogen) atoms. The van der Waals surface area contributed by atoms with Crippen molar-refractivity contribution < 1.29 is 13.2 Å². The molecule has 0 unspecified atom stereocenters. The Labute approximate surface area is 100 Å². The van der Waals surface area contributed by atoms with Gasteiger partial charge in [0.15, 0.2) is 4.75 Å². The number of carbonyl (C=O) groups excluding carboxylic acids is 1. The van der Waals surface area contributed by atoms with Gasteiger partial charge in [0.2, 0.25) is 0 Å². The molecule has 2 N–H and O–H groups in total. The molecule has 1 aromatic carbocycles. The van der Waals surface area contributed by atoms with E-state index in [0.29, 0.717) is 16.9 Å². The molecule has 92 valence electrons. The molecule has 1 aromatic rings. The van der Waals surface area contributed by atoms with Crippen LogP contribution in [0.2, 0.25) is 0 Å². The average Bonchev–Trinajstić information content (AvgIpc) is 2.21. The van der Waals surface area contributed by atoms with E-state index in [-0.39, 0.29) is 0 Å². The number of amides is 1. The molecular formula is C11H14N2O3S. The molecule has 0 radical (unpaired) electrons. The first-order chi connectivity index (χ1) is 7.69. The molecule has 0 atom stereocenters. The summed E-state index contributed by atoms with van der Waals surface area (Å²) in [6, 6.07) is 4.77. The summed E-state index contributed by atoms with van der Waals surface area (Å²) >= 11 is 0. The Morgan fingerprint density at radius 2 is 1.88 bits per heavy atom. The second kappa shape index (κ2) is 3.22. The van der Waals surface area contributed by atoms with E-state index in [1.54, 1.807) is 25.1 Å². The van der Waals surface area contributed by atoms with Crippen molar-refractivity contribution >= 4 is 27.3 Å². The van der Waals surface area contributed by atoms with Gasteiger partial charge >= 0.3 is 0 Å². The van der Waals surface area contributed by atoms with E-state index in [4.69, 9.17) is 5.73 Å². The third kappa shape index (κ3) is 1.37. The Hall–Kier alpha value is -1.56. The largest absolute Gasteiger partial charge is 0.399 e. The van der Waals surface area contributed by atoms with Crippen molar-refractivity contribution in [2.24, 2.45) is 0 Å². The molecule has 5 nitrogen and oxygen atoms in total. The molecule has 2 rings (SSSR count). The molecule has 1 saturated heterocycles. The summed E-state index contributed by atoms with van der Waals surface area (Å²) in [5.74, 6) is -0.412. The van der Waals surface area contributed by atoms with Crippen molar-refractivity contribution in [1.82, 2.24) is 0 Å². The third-order valence-corrected chi connectivity index (χ3v) is 5.33. The van der Waals surface area contributed by atoms with Crippen LogP contribution in [0.4, 0.5) is 11.4 Å². The number of carbonyl (C=O) groups is 1. The fourth-order valence-electron chi connectivity index (χ4n) is 1.80. The zero-order valence-electron chi connectivity index (χ0n) is 9.89. The number of nitrogens with zero attached hydrogens (tertiary/aromatic N) is 1. The molecule has 1 amide bonds. The molecule has 0 aliphatic carbocycles. The summed E-state index contributed by atoms with van der Waals surface area (Å²) in [7, 11) is -3.60. The Morgan fingerprint density at radius 1 is 1.29 bits per heavy atom. The normalized spacial score (nSPS) is 21.1. The van der Waals surface area contributed by atoms with Gasteiger partial charge in [-0.2, -0.15) is 0 Å². The molecule has 1 heterocycles. The summed E-state index contributed by atoms with van der Waals surface area (Å²) in [6.07, 6.45) is 0. The lowest BCUT2D eigenvalue weighted by Crippen LogP contribution is -2.67. The predicted molar refractivity (Wildman–Crippen MR) is 66.1 cm³/mol. The Balaban J connectivity index is 2.55. The lowest BCUT2D eigenvalue weighted by atomic mass is 10.1. The third-order valence-electron chi connectivity index (χ3n) is 3.02. The molecule has 0 bridgehead atoms. The summed E-state index contributed by atoms with van der Waals surface area (Å²) in [5, 5.41) is 0. The molecule has 1 aliphatic heterocycles. The van der Waals surface area contributed by atoms with Crippen molar-refractivity contribution in [1.29, 1.82) is 0 Å². The topological polar surface area (TPSA) is 80.5 Å². The quantitative estimate of drug-likeness (QED) is 0.759. The van der Waals surface area contributed by atoms with Crippen LogP contribution >= 0.6 is 0 Å². The maximum Gasteiger partial charge on any atom is 0.263 e. The summed E-state index contributed by atoms with van der Waals surface area (Å²) in [4.78, 5) is 11.9.